The highest BCUT2D eigenvalue weighted by atomic mass is 16.3. The van der Waals surface area contributed by atoms with E-state index < -0.39 is 0 Å². The first-order chi connectivity index (χ1) is 34.2. The Kier molecular flexibility index (Phi) is 8.79. The van der Waals surface area contributed by atoms with Crippen LogP contribution in [-0.2, 0) is 0 Å². The molecule has 14 rings (SSSR count). The normalized spacial score (nSPS) is 11.8. The van der Waals surface area contributed by atoms with Crippen molar-refractivity contribution < 1.29 is 8.83 Å². The summed E-state index contributed by atoms with van der Waals surface area (Å²) in [5.41, 5.74) is 15.7. The molecule has 0 spiro atoms. The van der Waals surface area contributed by atoms with Crippen LogP contribution >= 0.6 is 0 Å². The highest BCUT2D eigenvalue weighted by Crippen LogP contribution is 2.45. The zero-order valence-electron chi connectivity index (χ0n) is 37.0. The van der Waals surface area contributed by atoms with Crippen LogP contribution in [0.5, 0.6) is 0 Å². The Balaban J connectivity index is 0.948. The molecule has 4 heterocycles. The summed E-state index contributed by atoms with van der Waals surface area (Å²) in [6, 6.07) is 80.3. The van der Waals surface area contributed by atoms with Crippen molar-refractivity contribution in [2.24, 2.45) is 0 Å². The lowest BCUT2D eigenvalue weighted by atomic mass is 9.95. The van der Waals surface area contributed by atoms with Crippen LogP contribution < -0.4 is 0 Å². The van der Waals surface area contributed by atoms with Crippen LogP contribution in [0.15, 0.2) is 239 Å². The number of furan rings is 2. The second-order valence-electron chi connectivity index (χ2n) is 17.5. The molecule has 0 saturated carbocycles. The van der Waals surface area contributed by atoms with Crippen LogP contribution in [0.4, 0.5) is 0 Å². The molecule has 322 valence electrons. The van der Waals surface area contributed by atoms with E-state index in [1.807, 2.05) is 66.7 Å². The Morgan fingerprint density at radius 1 is 0.290 bits per heavy atom. The molecule has 0 aliphatic heterocycles. The number of aromatic nitrogens is 4. The largest absolute Gasteiger partial charge is 0.455 e. The van der Waals surface area contributed by atoms with Crippen molar-refractivity contribution in [3.63, 3.8) is 0 Å². The maximum absolute atomic E-state index is 6.99. The molecule has 6 heteroatoms. The predicted octanol–water partition coefficient (Wildman–Crippen LogP) is 16.8. The summed E-state index contributed by atoms with van der Waals surface area (Å²) in [6.07, 6.45) is 0. The van der Waals surface area contributed by atoms with E-state index in [9.17, 15) is 0 Å². The van der Waals surface area contributed by atoms with E-state index in [1.165, 1.54) is 21.9 Å². The van der Waals surface area contributed by atoms with Gasteiger partial charge in [0.25, 0.3) is 0 Å². The fourth-order valence-electron chi connectivity index (χ4n) is 10.3. The van der Waals surface area contributed by atoms with Crippen LogP contribution in [0.25, 0.3) is 139 Å². The van der Waals surface area contributed by atoms with E-state index in [2.05, 4.69) is 168 Å². The summed E-state index contributed by atoms with van der Waals surface area (Å²) >= 11 is 0. The first-order valence-electron chi connectivity index (χ1n) is 23.2. The molecule has 0 saturated heterocycles. The summed E-state index contributed by atoms with van der Waals surface area (Å²) in [5, 5.41) is 6.54. The lowest BCUT2D eigenvalue weighted by Gasteiger charge is -2.12. The minimum atomic E-state index is 0.605. The topological polar surface area (TPSA) is 69.9 Å². The third kappa shape index (κ3) is 6.38. The number of fused-ring (bicyclic) bond motifs is 9. The number of rotatable bonds is 7. The molecule has 0 fully saturated rings. The van der Waals surface area contributed by atoms with Gasteiger partial charge in [0.15, 0.2) is 23.1 Å². The molecular weight excluding hydrogens is 845 g/mol. The number of nitrogens with zero attached hydrogens (tertiary/aromatic N) is 4. The maximum Gasteiger partial charge on any atom is 0.164 e. The zero-order chi connectivity index (χ0) is 45.4. The Hall–Kier alpha value is -9.39. The number of hydrogen-bond acceptors (Lipinski definition) is 5. The lowest BCUT2D eigenvalue weighted by molar-refractivity contribution is 0.666. The molecule has 6 nitrogen and oxygen atoms in total. The van der Waals surface area contributed by atoms with Gasteiger partial charge in [0.1, 0.15) is 16.7 Å². The van der Waals surface area contributed by atoms with Crippen LogP contribution in [0.2, 0.25) is 0 Å². The predicted molar refractivity (Wildman–Crippen MR) is 281 cm³/mol. The highest BCUT2D eigenvalue weighted by Gasteiger charge is 2.23. The summed E-state index contributed by atoms with van der Waals surface area (Å²) in [7, 11) is 0. The van der Waals surface area contributed by atoms with Gasteiger partial charge in [-0.3, -0.25) is 0 Å². The Morgan fingerprint density at radius 2 is 0.826 bits per heavy atom. The third-order valence-corrected chi connectivity index (χ3v) is 13.4. The van der Waals surface area contributed by atoms with Crippen LogP contribution in [0.1, 0.15) is 0 Å². The molecule has 0 unspecified atom stereocenters. The van der Waals surface area contributed by atoms with Crippen molar-refractivity contribution in [1.82, 2.24) is 19.5 Å². The molecule has 0 amide bonds. The summed E-state index contributed by atoms with van der Waals surface area (Å²) in [5.74, 6) is 1.86. The summed E-state index contributed by atoms with van der Waals surface area (Å²) in [6.45, 7) is 0. The van der Waals surface area contributed by atoms with Crippen molar-refractivity contribution in [2.45, 2.75) is 0 Å². The van der Waals surface area contributed by atoms with Crippen molar-refractivity contribution in [3.8, 4) is 73.2 Å². The van der Waals surface area contributed by atoms with E-state index in [1.54, 1.807) is 0 Å². The first-order valence-corrected chi connectivity index (χ1v) is 23.2. The second kappa shape index (κ2) is 15.6. The van der Waals surface area contributed by atoms with E-state index in [0.29, 0.717) is 17.5 Å². The van der Waals surface area contributed by atoms with Gasteiger partial charge < -0.3 is 13.4 Å². The molecule has 0 bridgehead atoms. The summed E-state index contributed by atoms with van der Waals surface area (Å²) < 4.78 is 16.2. The van der Waals surface area contributed by atoms with Gasteiger partial charge in [0, 0.05) is 54.6 Å². The molecule has 10 aromatic carbocycles. The van der Waals surface area contributed by atoms with E-state index in [0.717, 1.165) is 99.5 Å². The monoisotopic (exact) mass is 882 g/mol. The smallest absolute Gasteiger partial charge is 0.164 e. The van der Waals surface area contributed by atoms with Crippen LogP contribution in [0.3, 0.4) is 0 Å². The second-order valence-corrected chi connectivity index (χ2v) is 17.5. The minimum absolute atomic E-state index is 0.605. The lowest BCUT2D eigenvalue weighted by Crippen LogP contribution is -2.00. The van der Waals surface area contributed by atoms with Crippen molar-refractivity contribution in [1.29, 1.82) is 0 Å². The molecule has 0 N–H and O–H groups in total. The van der Waals surface area contributed by atoms with Gasteiger partial charge in [-0.2, -0.15) is 0 Å². The highest BCUT2D eigenvalue weighted by molar-refractivity contribution is 6.18. The Bertz CT molecular complexity index is 4250. The average Bonchev–Trinajstić information content (AvgIpc) is 4.11. The van der Waals surface area contributed by atoms with Gasteiger partial charge in [-0.1, -0.05) is 182 Å². The van der Waals surface area contributed by atoms with E-state index >= 15 is 0 Å². The quantitative estimate of drug-likeness (QED) is 0.159. The minimum Gasteiger partial charge on any atom is -0.455 e. The van der Waals surface area contributed by atoms with Crippen LogP contribution in [0, 0.1) is 0 Å². The van der Waals surface area contributed by atoms with E-state index in [4.69, 9.17) is 23.8 Å². The summed E-state index contributed by atoms with van der Waals surface area (Å²) in [4.78, 5) is 15.0. The number of benzene rings is 10. The van der Waals surface area contributed by atoms with Crippen LogP contribution in [-0.4, -0.2) is 19.5 Å². The molecule has 0 atom stereocenters. The maximum atomic E-state index is 6.99. The van der Waals surface area contributed by atoms with Gasteiger partial charge in [-0.15, -0.1) is 0 Å². The van der Waals surface area contributed by atoms with Gasteiger partial charge in [-0.05, 0) is 76.3 Å². The third-order valence-electron chi connectivity index (χ3n) is 13.4. The molecule has 0 radical (unpaired) electrons. The van der Waals surface area contributed by atoms with Gasteiger partial charge in [0.05, 0.1) is 16.7 Å². The standard InChI is InChI=1S/C63H38N4O2/c1-4-17-39(18-5-1)42-33-34-54-51(36-42)48-25-10-12-30-53(48)67(54)55-38-45(37-52-49-26-11-13-31-56(49)68-60(52)55)47-28-15-29-50-58-46(27-16-32-57(58)69-59(47)50)43-23-14-24-44(35-43)63-65-61(40-19-6-2-7-20-40)64-62(66-63)41-21-8-3-9-22-41/h1-38H. The fourth-order valence-corrected chi connectivity index (χ4v) is 10.3. The molecular formula is C63H38N4O2. The molecule has 69 heavy (non-hydrogen) atoms. The Labute approximate surface area is 396 Å². The zero-order valence-corrected chi connectivity index (χ0v) is 37.0. The number of hydrogen-bond donors (Lipinski definition) is 0. The first kappa shape index (κ1) is 38.8. The van der Waals surface area contributed by atoms with Gasteiger partial charge in [0.2, 0.25) is 0 Å². The van der Waals surface area contributed by atoms with Gasteiger partial charge in [-0.25, -0.2) is 15.0 Å². The molecule has 0 aliphatic carbocycles. The molecule has 0 aliphatic rings. The fraction of sp³-hybridized carbons (Fsp3) is 0. The average molecular weight is 883 g/mol. The SMILES string of the molecule is c1ccc(-c2ccc3c(c2)c2ccccc2n3-c2cc(-c3cccc4c3oc3cccc(-c5cccc(-c6nc(-c7ccccc7)nc(-c7ccccc7)n6)c5)c34)cc3c2oc2ccccc23)cc1. The Morgan fingerprint density at radius 3 is 1.59 bits per heavy atom. The molecule has 14 aromatic rings. The van der Waals surface area contributed by atoms with Gasteiger partial charge >= 0.3 is 0 Å². The van der Waals surface area contributed by atoms with Crippen molar-refractivity contribution in [3.05, 3.63) is 231 Å². The van der Waals surface area contributed by atoms with Crippen molar-refractivity contribution in [2.75, 3.05) is 0 Å². The van der Waals surface area contributed by atoms with Crippen molar-refractivity contribution >= 4 is 65.7 Å². The van der Waals surface area contributed by atoms with E-state index in [-0.39, 0.29) is 0 Å². The number of para-hydroxylation sites is 3. The molecule has 4 aromatic heterocycles.